The topological polar surface area (TPSA) is 83.6 Å². The van der Waals surface area contributed by atoms with Crippen LogP contribution in [0.4, 0.5) is 5.69 Å². The molecule has 0 fully saturated rings. The standard InChI is InChI=1S/C20H18Cl2N2O4S2/c21-16-6-10-19(11-7-16)29(25,26)23-14-15-24(18-4-2-1-3-5-18)30(27,28)20-12-8-17(22)9-13-20/h1-13,23H,14-15H2. The van der Waals surface area contributed by atoms with E-state index in [9.17, 15) is 16.8 Å². The van der Waals surface area contributed by atoms with E-state index in [0.717, 1.165) is 4.31 Å². The Kier molecular flexibility index (Phi) is 7.05. The minimum absolute atomic E-state index is 0.0405. The molecule has 0 saturated carbocycles. The third kappa shape index (κ3) is 5.33. The highest BCUT2D eigenvalue weighted by atomic mass is 35.5. The first-order valence-corrected chi connectivity index (χ1v) is 12.5. The summed E-state index contributed by atoms with van der Waals surface area (Å²) in [6.45, 7) is -0.242. The maximum atomic E-state index is 13.2. The fourth-order valence-electron chi connectivity index (χ4n) is 2.69. The summed E-state index contributed by atoms with van der Waals surface area (Å²) in [6, 6.07) is 19.9. The Morgan fingerprint density at radius 3 is 1.73 bits per heavy atom. The molecule has 1 N–H and O–H groups in total. The number of nitrogens with one attached hydrogen (secondary N) is 1. The highest BCUT2D eigenvalue weighted by Crippen LogP contribution is 2.24. The van der Waals surface area contributed by atoms with Crippen LogP contribution in [0.5, 0.6) is 0 Å². The van der Waals surface area contributed by atoms with Crippen molar-refractivity contribution >= 4 is 48.9 Å². The third-order valence-electron chi connectivity index (χ3n) is 4.18. The molecule has 3 aromatic carbocycles. The van der Waals surface area contributed by atoms with Gasteiger partial charge in [-0.25, -0.2) is 21.6 Å². The lowest BCUT2D eigenvalue weighted by atomic mass is 10.3. The van der Waals surface area contributed by atoms with Gasteiger partial charge in [0.15, 0.2) is 0 Å². The van der Waals surface area contributed by atoms with E-state index in [4.69, 9.17) is 23.2 Å². The van der Waals surface area contributed by atoms with Crippen LogP contribution in [0, 0.1) is 0 Å². The maximum Gasteiger partial charge on any atom is 0.264 e. The average molecular weight is 485 g/mol. The van der Waals surface area contributed by atoms with Crippen molar-refractivity contribution in [2.24, 2.45) is 0 Å². The number of anilines is 1. The molecule has 0 atom stereocenters. The summed E-state index contributed by atoms with van der Waals surface area (Å²) in [5.74, 6) is 0. The van der Waals surface area contributed by atoms with Crippen LogP contribution in [0.25, 0.3) is 0 Å². The first kappa shape index (κ1) is 22.6. The van der Waals surface area contributed by atoms with Gasteiger partial charge in [-0.15, -0.1) is 0 Å². The molecular weight excluding hydrogens is 467 g/mol. The molecular formula is C20H18Cl2N2O4S2. The molecule has 0 aliphatic carbocycles. The average Bonchev–Trinajstić information content (AvgIpc) is 2.72. The summed E-state index contributed by atoms with van der Waals surface area (Å²) in [6.07, 6.45) is 0. The van der Waals surface area contributed by atoms with Gasteiger partial charge in [0, 0.05) is 23.1 Å². The number of rotatable bonds is 8. The molecule has 0 spiro atoms. The van der Waals surface area contributed by atoms with Crippen LogP contribution >= 0.6 is 23.2 Å². The van der Waals surface area contributed by atoms with Crippen molar-refractivity contribution in [1.82, 2.24) is 4.72 Å². The van der Waals surface area contributed by atoms with Crippen LogP contribution in [0.3, 0.4) is 0 Å². The minimum Gasteiger partial charge on any atom is -0.265 e. The molecule has 0 saturated heterocycles. The fourth-order valence-corrected chi connectivity index (χ4v) is 5.43. The molecule has 0 aliphatic rings. The molecule has 0 unspecified atom stereocenters. The summed E-state index contributed by atoms with van der Waals surface area (Å²) in [4.78, 5) is 0.0926. The van der Waals surface area contributed by atoms with Gasteiger partial charge in [0.2, 0.25) is 10.0 Å². The molecule has 3 aromatic rings. The lowest BCUT2D eigenvalue weighted by Crippen LogP contribution is -2.38. The fraction of sp³-hybridized carbons (Fsp3) is 0.100. The molecule has 30 heavy (non-hydrogen) atoms. The Morgan fingerprint density at radius 1 is 0.700 bits per heavy atom. The number of benzene rings is 3. The van der Waals surface area contributed by atoms with E-state index < -0.39 is 20.0 Å². The molecule has 0 aliphatic heterocycles. The van der Waals surface area contributed by atoms with Crippen molar-refractivity contribution in [3.8, 4) is 0 Å². The Labute approximate surface area is 186 Å². The molecule has 6 nitrogen and oxygen atoms in total. The quantitative estimate of drug-likeness (QED) is 0.519. The Bertz CT molecular complexity index is 1200. The van der Waals surface area contributed by atoms with Crippen molar-refractivity contribution in [1.29, 1.82) is 0 Å². The Morgan fingerprint density at radius 2 is 1.20 bits per heavy atom. The largest absolute Gasteiger partial charge is 0.265 e. The van der Waals surface area contributed by atoms with E-state index in [1.54, 1.807) is 30.3 Å². The second-order valence-electron chi connectivity index (χ2n) is 6.22. The molecule has 0 heterocycles. The number of halogens is 2. The lowest BCUT2D eigenvalue weighted by Gasteiger charge is -2.24. The summed E-state index contributed by atoms with van der Waals surface area (Å²) >= 11 is 11.7. The van der Waals surface area contributed by atoms with Gasteiger partial charge in [-0.1, -0.05) is 41.4 Å². The number of nitrogens with zero attached hydrogens (tertiary/aromatic N) is 1. The molecule has 0 radical (unpaired) electrons. The van der Waals surface area contributed by atoms with Gasteiger partial charge in [0.25, 0.3) is 10.0 Å². The van der Waals surface area contributed by atoms with Crippen LogP contribution in [0.2, 0.25) is 10.0 Å². The summed E-state index contributed by atoms with van der Waals surface area (Å²) in [7, 11) is -7.75. The number of hydrogen-bond acceptors (Lipinski definition) is 4. The number of para-hydroxylation sites is 1. The first-order valence-electron chi connectivity index (χ1n) is 8.79. The second kappa shape index (κ2) is 9.36. The van der Waals surface area contributed by atoms with Crippen molar-refractivity contribution < 1.29 is 16.8 Å². The van der Waals surface area contributed by atoms with Crippen molar-refractivity contribution in [2.45, 2.75) is 9.79 Å². The van der Waals surface area contributed by atoms with Crippen molar-refractivity contribution in [3.05, 3.63) is 88.9 Å². The van der Waals surface area contributed by atoms with Crippen molar-refractivity contribution in [3.63, 3.8) is 0 Å². The zero-order valence-corrected chi connectivity index (χ0v) is 18.7. The van der Waals surface area contributed by atoms with Crippen LogP contribution in [0.15, 0.2) is 88.7 Å². The van der Waals surface area contributed by atoms with Gasteiger partial charge in [-0.05, 0) is 60.7 Å². The number of sulfonamides is 2. The second-order valence-corrected chi connectivity index (χ2v) is 10.7. The van der Waals surface area contributed by atoms with Gasteiger partial charge >= 0.3 is 0 Å². The molecule has 3 rings (SSSR count). The third-order valence-corrected chi connectivity index (χ3v) is 8.00. The molecule has 0 amide bonds. The summed E-state index contributed by atoms with van der Waals surface area (Å²) in [5.41, 5.74) is 0.415. The van der Waals surface area contributed by atoms with Gasteiger partial charge in [0.05, 0.1) is 15.5 Å². The van der Waals surface area contributed by atoms with E-state index in [0.29, 0.717) is 15.7 Å². The normalized spacial score (nSPS) is 11.9. The van der Waals surface area contributed by atoms with Crippen LogP contribution < -0.4 is 9.03 Å². The highest BCUT2D eigenvalue weighted by molar-refractivity contribution is 7.92. The van der Waals surface area contributed by atoms with Gasteiger partial charge in [-0.3, -0.25) is 4.31 Å². The monoisotopic (exact) mass is 484 g/mol. The molecule has 158 valence electrons. The van der Waals surface area contributed by atoms with Crippen LogP contribution in [-0.2, 0) is 20.0 Å². The smallest absolute Gasteiger partial charge is 0.264 e. The SMILES string of the molecule is O=S(=O)(NCCN(c1ccccc1)S(=O)(=O)c1ccc(Cl)cc1)c1ccc(Cl)cc1. The van der Waals surface area contributed by atoms with Crippen LogP contribution in [0.1, 0.15) is 0 Å². The van der Waals surface area contributed by atoms with E-state index in [1.807, 2.05) is 0 Å². The molecule has 0 bridgehead atoms. The first-order chi connectivity index (χ1) is 14.2. The lowest BCUT2D eigenvalue weighted by molar-refractivity contribution is 0.577. The zero-order chi connectivity index (χ0) is 21.8. The minimum atomic E-state index is -3.94. The number of hydrogen-bond donors (Lipinski definition) is 1. The predicted molar refractivity (Wildman–Crippen MR) is 119 cm³/mol. The predicted octanol–water partition coefficient (Wildman–Crippen LogP) is 4.17. The van der Waals surface area contributed by atoms with E-state index in [1.165, 1.54) is 48.5 Å². The van der Waals surface area contributed by atoms with E-state index in [2.05, 4.69) is 4.72 Å². The summed E-state index contributed by atoms with van der Waals surface area (Å²) < 4.78 is 54.9. The molecule has 10 heteroatoms. The van der Waals surface area contributed by atoms with E-state index >= 15 is 0 Å². The Hall–Kier alpha value is -2.10. The highest BCUT2D eigenvalue weighted by Gasteiger charge is 2.25. The zero-order valence-electron chi connectivity index (χ0n) is 15.6. The van der Waals surface area contributed by atoms with Gasteiger partial charge in [0.1, 0.15) is 0 Å². The summed E-state index contributed by atoms with van der Waals surface area (Å²) in [5, 5.41) is 0.828. The van der Waals surface area contributed by atoms with Gasteiger partial charge < -0.3 is 0 Å². The Balaban J connectivity index is 1.84. The molecule has 0 aromatic heterocycles. The van der Waals surface area contributed by atoms with Crippen LogP contribution in [-0.4, -0.2) is 29.9 Å². The van der Waals surface area contributed by atoms with E-state index in [-0.39, 0.29) is 22.9 Å². The maximum absolute atomic E-state index is 13.2. The van der Waals surface area contributed by atoms with Crippen molar-refractivity contribution in [2.75, 3.05) is 17.4 Å². The van der Waals surface area contributed by atoms with Gasteiger partial charge in [-0.2, -0.15) is 0 Å².